The zero-order valence-corrected chi connectivity index (χ0v) is 20.3. The standard InChI is InChI=1S/C30H29N3O4/c31-19-23-10-7-11-25(18-23)32-30(35)29(33-28(34)21-37-26-12-5-2-6-13-26)24-14-16-27(17-15-24)36-20-22-8-3-1-4-9-22/h1-18,29H,19-21,31H2,(H,32,35)(H,33,34)/t29-/m1/s1. The molecular formula is C30H29N3O4. The summed E-state index contributed by atoms with van der Waals surface area (Å²) in [5.74, 6) is 0.405. The van der Waals surface area contributed by atoms with Crippen molar-refractivity contribution < 1.29 is 19.1 Å². The van der Waals surface area contributed by atoms with Crippen molar-refractivity contribution >= 4 is 17.5 Å². The Labute approximate surface area is 216 Å². The Morgan fingerprint density at radius 3 is 2.08 bits per heavy atom. The summed E-state index contributed by atoms with van der Waals surface area (Å²) in [4.78, 5) is 26.0. The summed E-state index contributed by atoms with van der Waals surface area (Å²) in [6, 6.07) is 32.3. The lowest BCUT2D eigenvalue weighted by molar-refractivity contribution is -0.128. The Bertz CT molecular complexity index is 1300. The van der Waals surface area contributed by atoms with Gasteiger partial charge >= 0.3 is 0 Å². The van der Waals surface area contributed by atoms with Crippen molar-refractivity contribution in [1.29, 1.82) is 0 Å². The first-order valence-electron chi connectivity index (χ1n) is 11.9. The number of hydrogen-bond donors (Lipinski definition) is 3. The monoisotopic (exact) mass is 495 g/mol. The Morgan fingerprint density at radius 2 is 1.38 bits per heavy atom. The highest BCUT2D eigenvalue weighted by atomic mass is 16.5. The van der Waals surface area contributed by atoms with Gasteiger partial charge in [-0.05, 0) is 53.1 Å². The molecule has 7 heteroatoms. The van der Waals surface area contributed by atoms with Gasteiger partial charge in [-0.25, -0.2) is 0 Å². The van der Waals surface area contributed by atoms with Crippen molar-refractivity contribution in [3.8, 4) is 11.5 Å². The topological polar surface area (TPSA) is 103 Å². The molecule has 0 fully saturated rings. The highest BCUT2D eigenvalue weighted by Crippen LogP contribution is 2.21. The second-order valence-corrected chi connectivity index (χ2v) is 8.34. The lowest BCUT2D eigenvalue weighted by Gasteiger charge is -2.20. The molecule has 0 bridgehead atoms. The van der Waals surface area contributed by atoms with E-state index in [1.807, 2.05) is 60.7 Å². The number of benzene rings is 4. The summed E-state index contributed by atoms with van der Waals surface area (Å²) in [6.07, 6.45) is 0. The van der Waals surface area contributed by atoms with E-state index in [9.17, 15) is 9.59 Å². The molecule has 37 heavy (non-hydrogen) atoms. The van der Waals surface area contributed by atoms with Gasteiger partial charge in [0.05, 0.1) is 0 Å². The van der Waals surface area contributed by atoms with Crippen LogP contribution >= 0.6 is 0 Å². The summed E-state index contributed by atoms with van der Waals surface area (Å²) < 4.78 is 11.4. The first-order valence-corrected chi connectivity index (χ1v) is 11.9. The zero-order valence-electron chi connectivity index (χ0n) is 20.3. The fraction of sp³-hybridized carbons (Fsp3) is 0.133. The highest BCUT2D eigenvalue weighted by Gasteiger charge is 2.23. The fourth-order valence-electron chi connectivity index (χ4n) is 3.66. The Hall–Kier alpha value is -4.62. The summed E-state index contributed by atoms with van der Waals surface area (Å²) in [5, 5.41) is 5.66. The van der Waals surface area contributed by atoms with Gasteiger partial charge in [0.2, 0.25) is 0 Å². The maximum Gasteiger partial charge on any atom is 0.258 e. The van der Waals surface area contributed by atoms with E-state index < -0.39 is 11.9 Å². The zero-order chi connectivity index (χ0) is 25.9. The average Bonchev–Trinajstić information content (AvgIpc) is 2.95. The van der Waals surface area contributed by atoms with E-state index >= 15 is 0 Å². The maximum atomic E-state index is 13.3. The lowest BCUT2D eigenvalue weighted by atomic mass is 10.1. The van der Waals surface area contributed by atoms with Gasteiger partial charge in [-0.1, -0.05) is 72.8 Å². The quantitative estimate of drug-likeness (QED) is 0.282. The Balaban J connectivity index is 1.46. The van der Waals surface area contributed by atoms with E-state index in [1.165, 1.54) is 0 Å². The van der Waals surface area contributed by atoms with E-state index in [0.717, 1.165) is 11.1 Å². The molecule has 0 aliphatic carbocycles. The molecule has 7 nitrogen and oxygen atoms in total. The van der Waals surface area contributed by atoms with Crippen LogP contribution in [0.1, 0.15) is 22.7 Å². The number of rotatable bonds is 11. The van der Waals surface area contributed by atoms with Crippen LogP contribution in [0.2, 0.25) is 0 Å². The molecule has 0 aromatic heterocycles. The SMILES string of the molecule is NCc1cccc(NC(=O)[C@H](NC(=O)COc2ccccc2)c2ccc(OCc3ccccc3)cc2)c1. The van der Waals surface area contributed by atoms with Crippen LogP contribution in [-0.2, 0) is 22.7 Å². The van der Waals surface area contributed by atoms with Gasteiger partial charge in [0.15, 0.2) is 6.61 Å². The molecule has 0 saturated carbocycles. The molecule has 0 unspecified atom stereocenters. The molecule has 1 atom stereocenters. The molecule has 0 spiro atoms. The molecule has 188 valence electrons. The molecule has 0 aliphatic rings. The Morgan fingerprint density at radius 1 is 0.730 bits per heavy atom. The van der Waals surface area contributed by atoms with Crippen molar-refractivity contribution in [3.05, 3.63) is 126 Å². The van der Waals surface area contributed by atoms with Crippen LogP contribution in [0.4, 0.5) is 5.69 Å². The summed E-state index contributed by atoms with van der Waals surface area (Å²) in [5.41, 5.74) is 8.86. The van der Waals surface area contributed by atoms with Crippen molar-refractivity contribution in [1.82, 2.24) is 5.32 Å². The van der Waals surface area contributed by atoms with Crippen LogP contribution < -0.4 is 25.8 Å². The van der Waals surface area contributed by atoms with Gasteiger partial charge in [-0.2, -0.15) is 0 Å². The molecule has 4 rings (SSSR count). The van der Waals surface area contributed by atoms with E-state index in [1.54, 1.807) is 48.5 Å². The van der Waals surface area contributed by atoms with Crippen LogP contribution in [0.3, 0.4) is 0 Å². The van der Waals surface area contributed by atoms with Crippen molar-refractivity contribution in [2.75, 3.05) is 11.9 Å². The predicted molar refractivity (Wildman–Crippen MR) is 143 cm³/mol. The molecule has 2 amide bonds. The van der Waals surface area contributed by atoms with Gasteiger partial charge in [-0.15, -0.1) is 0 Å². The van der Waals surface area contributed by atoms with Crippen molar-refractivity contribution in [3.63, 3.8) is 0 Å². The third kappa shape index (κ3) is 7.68. The number of carbonyl (C=O) groups is 2. The smallest absolute Gasteiger partial charge is 0.258 e. The van der Waals surface area contributed by atoms with Crippen molar-refractivity contribution in [2.45, 2.75) is 19.2 Å². The fourth-order valence-corrected chi connectivity index (χ4v) is 3.66. The second kappa shape index (κ2) is 12.9. The summed E-state index contributed by atoms with van der Waals surface area (Å²) in [6.45, 7) is 0.551. The van der Waals surface area contributed by atoms with Crippen LogP contribution in [0.25, 0.3) is 0 Å². The Kier molecular flexibility index (Phi) is 8.88. The number of ether oxygens (including phenoxy) is 2. The summed E-state index contributed by atoms with van der Waals surface area (Å²) >= 11 is 0. The number of carbonyl (C=O) groups excluding carboxylic acids is 2. The van der Waals surface area contributed by atoms with Gasteiger partial charge in [0, 0.05) is 12.2 Å². The largest absolute Gasteiger partial charge is 0.489 e. The van der Waals surface area contributed by atoms with Crippen molar-refractivity contribution in [2.24, 2.45) is 5.73 Å². The minimum absolute atomic E-state index is 0.227. The minimum atomic E-state index is -0.948. The number of hydrogen-bond acceptors (Lipinski definition) is 5. The van der Waals surface area contributed by atoms with E-state index in [2.05, 4.69) is 10.6 Å². The van der Waals surface area contributed by atoms with E-state index in [0.29, 0.717) is 35.9 Å². The van der Waals surface area contributed by atoms with E-state index in [-0.39, 0.29) is 12.5 Å². The van der Waals surface area contributed by atoms with Gasteiger partial charge in [-0.3, -0.25) is 9.59 Å². The van der Waals surface area contributed by atoms with Gasteiger partial charge in [0.25, 0.3) is 11.8 Å². The number of amides is 2. The van der Waals surface area contributed by atoms with Crippen LogP contribution in [0.15, 0.2) is 109 Å². The molecule has 0 heterocycles. The molecule has 0 radical (unpaired) electrons. The van der Waals surface area contributed by atoms with Crippen LogP contribution in [0, 0.1) is 0 Å². The molecule has 4 aromatic rings. The number of nitrogens with one attached hydrogen (secondary N) is 2. The molecule has 0 aliphatic heterocycles. The highest BCUT2D eigenvalue weighted by molar-refractivity contribution is 5.98. The third-order valence-electron chi connectivity index (χ3n) is 5.57. The first-order chi connectivity index (χ1) is 18.1. The predicted octanol–water partition coefficient (Wildman–Crippen LogP) is 4.60. The molecule has 4 N–H and O–H groups in total. The average molecular weight is 496 g/mol. The number of anilines is 1. The van der Waals surface area contributed by atoms with E-state index in [4.69, 9.17) is 15.2 Å². The second-order valence-electron chi connectivity index (χ2n) is 8.34. The first kappa shape index (κ1) is 25.5. The molecular weight excluding hydrogens is 466 g/mol. The lowest BCUT2D eigenvalue weighted by Crippen LogP contribution is -2.39. The number of nitrogens with two attached hydrogens (primary N) is 1. The maximum absolute atomic E-state index is 13.3. The third-order valence-corrected chi connectivity index (χ3v) is 5.57. The van der Waals surface area contributed by atoms with Gasteiger partial charge < -0.3 is 25.8 Å². The summed E-state index contributed by atoms with van der Waals surface area (Å²) in [7, 11) is 0. The normalized spacial score (nSPS) is 11.3. The molecule has 4 aromatic carbocycles. The van der Waals surface area contributed by atoms with Crippen LogP contribution in [-0.4, -0.2) is 18.4 Å². The minimum Gasteiger partial charge on any atom is -0.489 e. The van der Waals surface area contributed by atoms with Gasteiger partial charge in [0.1, 0.15) is 24.1 Å². The van der Waals surface area contributed by atoms with Crippen LogP contribution in [0.5, 0.6) is 11.5 Å². The molecule has 0 saturated heterocycles. The number of para-hydroxylation sites is 1.